The lowest BCUT2D eigenvalue weighted by Crippen LogP contribution is -2.15. The first-order valence-electron chi connectivity index (χ1n) is 9.10. The van der Waals surface area contributed by atoms with Gasteiger partial charge < -0.3 is 17.2 Å². The quantitative estimate of drug-likeness (QED) is 0.475. The summed E-state index contributed by atoms with van der Waals surface area (Å²) in [5.41, 5.74) is 22.0. The molecule has 25 heavy (non-hydrogen) atoms. The van der Waals surface area contributed by atoms with E-state index in [0.29, 0.717) is 19.6 Å². The molecule has 0 heterocycles. The smallest absolute Gasteiger partial charge is 0.00210 e. The first-order chi connectivity index (χ1) is 12.3. The average molecular weight is 331 g/mol. The molecule has 6 N–H and O–H groups in total. The third-order valence-electron chi connectivity index (χ3n) is 5.34. The van der Waals surface area contributed by atoms with Gasteiger partial charge in [-0.1, -0.05) is 42.5 Å². The summed E-state index contributed by atoms with van der Waals surface area (Å²) < 4.78 is 0. The molecule has 0 bridgehead atoms. The van der Waals surface area contributed by atoms with E-state index in [1.165, 1.54) is 49.0 Å². The van der Waals surface area contributed by atoms with Gasteiger partial charge in [-0.15, -0.1) is 0 Å². The van der Waals surface area contributed by atoms with E-state index >= 15 is 0 Å². The molecule has 0 aliphatic rings. The number of benzene rings is 4. The van der Waals surface area contributed by atoms with E-state index < -0.39 is 0 Å². The fourth-order valence-electron chi connectivity index (χ4n) is 4.40. The first kappa shape index (κ1) is 16.3. The molecule has 4 aromatic rings. The minimum atomic E-state index is 0.642. The lowest BCUT2D eigenvalue weighted by Gasteiger charge is -2.22. The van der Waals surface area contributed by atoms with Crippen molar-refractivity contribution in [1.82, 2.24) is 0 Å². The van der Waals surface area contributed by atoms with Crippen molar-refractivity contribution in [1.29, 1.82) is 0 Å². The van der Waals surface area contributed by atoms with Crippen molar-refractivity contribution in [3.8, 4) is 0 Å². The Morgan fingerprint density at radius 3 is 1.48 bits per heavy atom. The van der Waals surface area contributed by atoms with E-state index in [2.05, 4.69) is 42.5 Å². The molecule has 3 nitrogen and oxygen atoms in total. The third kappa shape index (κ3) is 2.47. The molecule has 3 heteroatoms. The van der Waals surface area contributed by atoms with Crippen LogP contribution in [0.5, 0.6) is 0 Å². The Morgan fingerprint density at radius 1 is 0.520 bits per heavy atom. The Bertz CT molecular complexity index is 962. The Kier molecular flexibility index (Phi) is 4.30. The summed E-state index contributed by atoms with van der Waals surface area (Å²) in [7, 11) is 0. The fraction of sp³-hybridized carbons (Fsp3) is 0.273. The summed E-state index contributed by atoms with van der Waals surface area (Å²) in [6.07, 6.45) is 2.63. The molecule has 0 unspecified atom stereocenters. The van der Waals surface area contributed by atoms with Crippen molar-refractivity contribution < 1.29 is 0 Å². The molecule has 0 spiro atoms. The predicted molar refractivity (Wildman–Crippen MR) is 108 cm³/mol. The molecular formula is C22H25N3. The lowest BCUT2D eigenvalue weighted by atomic mass is 9.83. The highest BCUT2D eigenvalue weighted by molar-refractivity contribution is 6.24. The van der Waals surface area contributed by atoms with Crippen LogP contribution in [-0.4, -0.2) is 19.6 Å². The Morgan fingerprint density at radius 2 is 1.00 bits per heavy atom. The average Bonchev–Trinajstić information content (AvgIpc) is 2.64. The summed E-state index contributed by atoms with van der Waals surface area (Å²) in [5, 5.41) is 7.96. The molecule has 0 saturated heterocycles. The Hall–Kier alpha value is -2.20. The van der Waals surface area contributed by atoms with Gasteiger partial charge in [0.05, 0.1) is 0 Å². The van der Waals surface area contributed by atoms with Gasteiger partial charge in [-0.05, 0) is 87.9 Å². The molecular weight excluding hydrogens is 306 g/mol. The van der Waals surface area contributed by atoms with Crippen LogP contribution in [0.15, 0.2) is 42.5 Å². The van der Waals surface area contributed by atoms with Crippen LogP contribution < -0.4 is 17.2 Å². The zero-order valence-corrected chi connectivity index (χ0v) is 14.5. The van der Waals surface area contributed by atoms with Crippen molar-refractivity contribution in [3.05, 3.63) is 59.2 Å². The molecule has 0 aliphatic heterocycles. The summed E-state index contributed by atoms with van der Waals surface area (Å²) in [6, 6.07) is 15.5. The van der Waals surface area contributed by atoms with Gasteiger partial charge >= 0.3 is 0 Å². The summed E-state index contributed by atoms with van der Waals surface area (Å²) >= 11 is 0. The Balaban J connectivity index is 2.23. The number of rotatable bonds is 6. The van der Waals surface area contributed by atoms with E-state index in [4.69, 9.17) is 17.2 Å². The normalized spacial score (nSPS) is 12.0. The van der Waals surface area contributed by atoms with Gasteiger partial charge in [-0.25, -0.2) is 0 Å². The van der Waals surface area contributed by atoms with Gasteiger partial charge in [0.1, 0.15) is 0 Å². The monoisotopic (exact) mass is 331 g/mol. The zero-order valence-electron chi connectivity index (χ0n) is 14.5. The summed E-state index contributed by atoms with van der Waals surface area (Å²) in [4.78, 5) is 0. The molecule has 0 amide bonds. The van der Waals surface area contributed by atoms with Crippen molar-refractivity contribution in [2.24, 2.45) is 17.2 Å². The van der Waals surface area contributed by atoms with Crippen LogP contribution in [0.1, 0.15) is 16.7 Å². The topological polar surface area (TPSA) is 78.1 Å². The van der Waals surface area contributed by atoms with Crippen LogP contribution in [0.2, 0.25) is 0 Å². The predicted octanol–water partition coefficient (Wildman–Crippen LogP) is 3.09. The van der Waals surface area contributed by atoms with E-state index in [-0.39, 0.29) is 0 Å². The van der Waals surface area contributed by atoms with Crippen molar-refractivity contribution >= 4 is 32.3 Å². The minimum absolute atomic E-state index is 0.642. The van der Waals surface area contributed by atoms with Crippen molar-refractivity contribution in [3.63, 3.8) is 0 Å². The second-order valence-electron chi connectivity index (χ2n) is 6.73. The van der Waals surface area contributed by atoms with Crippen LogP contribution in [0, 0.1) is 0 Å². The van der Waals surface area contributed by atoms with E-state index in [1.807, 2.05) is 0 Å². The highest BCUT2D eigenvalue weighted by Crippen LogP contribution is 2.40. The van der Waals surface area contributed by atoms with Gasteiger partial charge in [0.2, 0.25) is 0 Å². The molecule has 4 aromatic carbocycles. The number of hydrogen-bond donors (Lipinski definition) is 3. The molecule has 0 aliphatic carbocycles. The number of nitrogens with two attached hydrogens (primary N) is 3. The highest BCUT2D eigenvalue weighted by atomic mass is 14.5. The molecule has 0 saturated carbocycles. The summed E-state index contributed by atoms with van der Waals surface area (Å²) in [6.45, 7) is 1.93. The van der Waals surface area contributed by atoms with Crippen LogP contribution in [0.4, 0.5) is 0 Å². The maximum Gasteiger partial charge on any atom is -0.00210 e. The lowest BCUT2D eigenvalue weighted by molar-refractivity contribution is 0.879. The van der Waals surface area contributed by atoms with Gasteiger partial charge in [-0.2, -0.15) is 0 Å². The van der Waals surface area contributed by atoms with Gasteiger partial charge in [-0.3, -0.25) is 0 Å². The van der Waals surface area contributed by atoms with Crippen molar-refractivity contribution in [2.75, 3.05) is 19.6 Å². The molecule has 0 aromatic heterocycles. The van der Waals surface area contributed by atoms with Crippen LogP contribution >= 0.6 is 0 Å². The van der Waals surface area contributed by atoms with Crippen LogP contribution in [0.25, 0.3) is 32.3 Å². The van der Waals surface area contributed by atoms with Gasteiger partial charge in [0, 0.05) is 0 Å². The Labute approximate surface area is 148 Å². The zero-order chi connectivity index (χ0) is 17.4. The van der Waals surface area contributed by atoms with Gasteiger partial charge in [0.15, 0.2) is 0 Å². The number of hydrogen-bond acceptors (Lipinski definition) is 3. The highest BCUT2D eigenvalue weighted by Gasteiger charge is 2.18. The van der Waals surface area contributed by atoms with Crippen LogP contribution in [-0.2, 0) is 19.3 Å². The fourth-order valence-corrected chi connectivity index (χ4v) is 4.40. The molecule has 0 fully saturated rings. The maximum atomic E-state index is 5.97. The largest absolute Gasteiger partial charge is 0.330 e. The molecule has 4 rings (SSSR count). The van der Waals surface area contributed by atoms with Crippen LogP contribution in [0.3, 0.4) is 0 Å². The van der Waals surface area contributed by atoms with E-state index in [9.17, 15) is 0 Å². The molecule has 128 valence electrons. The molecule has 0 radical (unpaired) electrons. The third-order valence-corrected chi connectivity index (χ3v) is 5.34. The van der Waals surface area contributed by atoms with Crippen molar-refractivity contribution in [2.45, 2.75) is 19.3 Å². The maximum absolute atomic E-state index is 5.97. The standard InChI is InChI=1S/C22H25N3/c23-11-8-16-17(9-12-24)19-6-4-14-2-1-3-15-5-7-20(18(16)10-13-25)22(19)21(14)15/h1-7H,8-13,23-25H2. The molecule has 0 atom stereocenters. The SMILES string of the molecule is NCCc1c(CCN)c2ccc3cccc4ccc(c1CCN)c2c34. The summed E-state index contributed by atoms with van der Waals surface area (Å²) in [5.74, 6) is 0. The second kappa shape index (κ2) is 6.60. The van der Waals surface area contributed by atoms with Gasteiger partial charge in [0.25, 0.3) is 0 Å². The first-order valence-corrected chi connectivity index (χ1v) is 9.10. The van der Waals surface area contributed by atoms with E-state index in [1.54, 1.807) is 0 Å². The van der Waals surface area contributed by atoms with E-state index in [0.717, 1.165) is 19.3 Å². The second-order valence-corrected chi connectivity index (χ2v) is 6.73. The minimum Gasteiger partial charge on any atom is -0.330 e.